The molecule has 1 aliphatic carbocycles. The number of carboxylic acid groups (broad SMARTS) is 1. The van der Waals surface area contributed by atoms with Crippen molar-refractivity contribution in [1.82, 2.24) is 9.99 Å². The number of aryl methyl sites for hydroxylation is 2. The Morgan fingerprint density at radius 3 is 2.71 bits per heavy atom. The molecule has 0 atom stereocenters. The summed E-state index contributed by atoms with van der Waals surface area (Å²) in [6, 6.07) is 9.10. The molecule has 0 fully saturated rings. The molecule has 0 saturated heterocycles. The van der Waals surface area contributed by atoms with E-state index in [1.165, 1.54) is 4.88 Å². The van der Waals surface area contributed by atoms with Crippen molar-refractivity contribution >= 4 is 45.4 Å². The van der Waals surface area contributed by atoms with E-state index >= 15 is 0 Å². The number of rotatable bonds is 5. The average molecular weight is 500 g/mol. The van der Waals surface area contributed by atoms with Gasteiger partial charge in [0, 0.05) is 26.3 Å². The summed E-state index contributed by atoms with van der Waals surface area (Å²) < 4.78 is 2.69. The Balaban J connectivity index is 1.64. The first kappa shape index (κ1) is 21.5. The van der Waals surface area contributed by atoms with Gasteiger partial charge in [-0.2, -0.15) is 5.10 Å². The molecule has 4 rings (SSSR count). The number of aromatic nitrogens is 1. The first-order chi connectivity index (χ1) is 14.9. The molecule has 1 aliphatic rings. The Morgan fingerprint density at radius 2 is 1.97 bits per heavy atom. The molecule has 2 heterocycles. The SMILES string of the molecule is Cc1cc(C=NNC(=O)c2ccccc2Br)c(C)n1-c1sc2c(c1C(=O)O)CCCC2. The van der Waals surface area contributed by atoms with E-state index in [-0.39, 0.29) is 5.91 Å². The van der Waals surface area contributed by atoms with Gasteiger partial charge in [-0.3, -0.25) is 4.79 Å². The van der Waals surface area contributed by atoms with Crippen LogP contribution < -0.4 is 5.43 Å². The van der Waals surface area contributed by atoms with Crippen LogP contribution in [0.3, 0.4) is 0 Å². The van der Waals surface area contributed by atoms with Gasteiger partial charge in [-0.25, -0.2) is 10.2 Å². The van der Waals surface area contributed by atoms with Crippen molar-refractivity contribution in [3.05, 3.63) is 73.3 Å². The van der Waals surface area contributed by atoms with E-state index < -0.39 is 5.97 Å². The number of halogens is 1. The number of hydrogen-bond donors (Lipinski definition) is 2. The van der Waals surface area contributed by atoms with Gasteiger partial charge >= 0.3 is 5.97 Å². The monoisotopic (exact) mass is 499 g/mol. The van der Waals surface area contributed by atoms with Crippen LogP contribution in [0.25, 0.3) is 5.00 Å². The molecule has 0 bridgehead atoms. The van der Waals surface area contributed by atoms with E-state index in [9.17, 15) is 14.7 Å². The highest BCUT2D eigenvalue weighted by molar-refractivity contribution is 9.10. The maximum absolute atomic E-state index is 12.3. The molecule has 0 saturated carbocycles. The van der Waals surface area contributed by atoms with Crippen LogP contribution in [0.4, 0.5) is 0 Å². The van der Waals surface area contributed by atoms with Gasteiger partial charge in [0.25, 0.3) is 5.91 Å². The van der Waals surface area contributed by atoms with Gasteiger partial charge in [0.1, 0.15) is 5.00 Å². The first-order valence-electron chi connectivity index (χ1n) is 10.0. The minimum atomic E-state index is -0.877. The molecule has 2 N–H and O–H groups in total. The van der Waals surface area contributed by atoms with Gasteiger partial charge in [0.2, 0.25) is 0 Å². The van der Waals surface area contributed by atoms with Crippen molar-refractivity contribution in [3.63, 3.8) is 0 Å². The molecule has 8 heteroatoms. The zero-order chi connectivity index (χ0) is 22.1. The van der Waals surface area contributed by atoms with Crippen molar-refractivity contribution in [3.8, 4) is 5.00 Å². The summed E-state index contributed by atoms with van der Waals surface area (Å²) in [5.74, 6) is -1.19. The number of fused-ring (bicyclic) bond motifs is 1. The summed E-state index contributed by atoms with van der Waals surface area (Å²) in [4.78, 5) is 25.6. The second kappa shape index (κ2) is 8.80. The van der Waals surface area contributed by atoms with Crippen LogP contribution in [-0.4, -0.2) is 27.8 Å². The maximum Gasteiger partial charge on any atom is 0.339 e. The number of carbonyl (C=O) groups excluding carboxylic acids is 1. The Morgan fingerprint density at radius 1 is 1.23 bits per heavy atom. The summed E-state index contributed by atoms with van der Waals surface area (Å²) in [5.41, 5.74) is 7.11. The molecule has 31 heavy (non-hydrogen) atoms. The molecule has 0 aliphatic heterocycles. The number of aromatic carboxylic acids is 1. The fraction of sp³-hybridized carbons (Fsp3) is 0.261. The van der Waals surface area contributed by atoms with Crippen LogP contribution in [0, 0.1) is 13.8 Å². The standard InChI is InChI=1S/C23H22BrN3O3S/c1-13-11-15(12-25-26-21(28)16-7-3-5-9-18(16)24)14(2)27(13)22-20(23(29)30)17-8-4-6-10-19(17)31-22/h3,5,7,9,11-12H,4,6,8,10H2,1-2H3,(H,26,28)(H,29,30). The van der Waals surface area contributed by atoms with Gasteiger partial charge < -0.3 is 9.67 Å². The topological polar surface area (TPSA) is 83.7 Å². The second-order valence-electron chi connectivity index (χ2n) is 7.54. The molecule has 3 aromatic rings. The van der Waals surface area contributed by atoms with Crippen LogP contribution in [0.15, 0.2) is 39.9 Å². The second-order valence-corrected chi connectivity index (χ2v) is 9.48. The lowest BCUT2D eigenvalue weighted by molar-refractivity contribution is 0.0695. The number of nitrogens with one attached hydrogen (secondary N) is 1. The molecular weight excluding hydrogens is 478 g/mol. The summed E-state index contributed by atoms with van der Waals surface area (Å²) in [6.07, 6.45) is 5.49. The summed E-state index contributed by atoms with van der Waals surface area (Å²) >= 11 is 4.94. The van der Waals surface area contributed by atoms with Crippen molar-refractivity contribution < 1.29 is 14.7 Å². The van der Waals surface area contributed by atoms with Crippen LogP contribution in [0.2, 0.25) is 0 Å². The Bertz CT molecular complexity index is 1210. The Kier molecular flexibility index (Phi) is 6.11. The lowest BCUT2D eigenvalue weighted by Gasteiger charge is -2.11. The third kappa shape index (κ3) is 4.09. The molecule has 2 aromatic heterocycles. The molecule has 1 aromatic carbocycles. The summed E-state index contributed by atoms with van der Waals surface area (Å²) in [5, 5.41) is 14.8. The summed E-state index contributed by atoms with van der Waals surface area (Å²) in [7, 11) is 0. The van der Waals surface area contributed by atoms with E-state index in [2.05, 4.69) is 26.5 Å². The number of nitrogens with zero attached hydrogens (tertiary/aromatic N) is 2. The van der Waals surface area contributed by atoms with Gasteiger partial charge in [0.15, 0.2) is 0 Å². The van der Waals surface area contributed by atoms with E-state index in [0.29, 0.717) is 15.6 Å². The first-order valence-corrected chi connectivity index (χ1v) is 11.6. The smallest absolute Gasteiger partial charge is 0.339 e. The number of carbonyl (C=O) groups is 2. The highest BCUT2D eigenvalue weighted by atomic mass is 79.9. The normalized spacial score (nSPS) is 13.4. The van der Waals surface area contributed by atoms with Crippen LogP contribution in [-0.2, 0) is 12.8 Å². The minimum absolute atomic E-state index is 0.309. The predicted molar refractivity (Wildman–Crippen MR) is 126 cm³/mol. The van der Waals surface area contributed by atoms with Crippen molar-refractivity contribution in [1.29, 1.82) is 0 Å². The lowest BCUT2D eigenvalue weighted by atomic mass is 9.95. The highest BCUT2D eigenvalue weighted by Gasteiger charge is 2.27. The zero-order valence-electron chi connectivity index (χ0n) is 17.2. The molecular formula is C23H22BrN3O3S. The zero-order valence-corrected chi connectivity index (χ0v) is 19.6. The highest BCUT2D eigenvalue weighted by Crippen LogP contribution is 2.38. The molecule has 160 valence electrons. The largest absolute Gasteiger partial charge is 0.478 e. The van der Waals surface area contributed by atoms with Crippen molar-refractivity contribution in [2.24, 2.45) is 5.10 Å². The lowest BCUT2D eigenvalue weighted by Crippen LogP contribution is -2.18. The van der Waals surface area contributed by atoms with Crippen LogP contribution in [0.1, 0.15) is 60.9 Å². The molecule has 6 nitrogen and oxygen atoms in total. The number of hydrazone groups is 1. The Labute approximate surface area is 192 Å². The molecule has 0 spiro atoms. The van der Waals surface area contributed by atoms with E-state index in [1.807, 2.05) is 30.5 Å². The van der Waals surface area contributed by atoms with Gasteiger partial charge in [-0.15, -0.1) is 11.3 Å². The number of amides is 1. The molecule has 0 radical (unpaired) electrons. The fourth-order valence-corrected chi connectivity index (χ4v) is 5.98. The Hall–Kier alpha value is -2.71. The number of carboxylic acids is 1. The van der Waals surface area contributed by atoms with Crippen molar-refractivity contribution in [2.75, 3.05) is 0 Å². The average Bonchev–Trinajstić information content (AvgIpc) is 3.24. The van der Waals surface area contributed by atoms with Crippen LogP contribution >= 0.6 is 27.3 Å². The number of thiophene rings is 1. The molecule has 1 amide bonds. The summed E-state index contributed by atoms with van der Waals surface area (Å²) in [6.45, 7) is 3.89. The minimum Gasteiger partial charge on any atom is -0.478 e. The van der Waals surface area contributed by atoms with Crippen molar-refractivity contribution in [2.45, 2.75) is 39.5 Å². The van der Waals surface area contributed by atoms with E-state index in [1.54, 1.807) is 35.8 Å². The van der Waals surface area contributed by atoms with Gasteiger partial charge in [0.05, 0.1) is 17.3 Å². The van der Waals surface area contributed by atoms with Gasteiger partial charge in [-0.05, 0) is 79.2 Å². The third-order valence-corrected chi connectivity index (χ3v) is 7.50. The van der Waals surface area contributed by atoms with E-state index in [4.69, 9.17) is 0 Å². The fourth-order valence-electron chi connectivity index (χ4n) is 4.03. The predicted octanol–water partition coefficient (Wildman–Crippen LogP) is 5.26. The number of benzene rings is 1. The molecule has 0 unspecified atom stereocenters. The van der Waals surface area contributed by atoms with Gasteiger partial charge in [-0.1, -0.05) is 12.1 Å². The number of hydrogen-bond acceptors (Lipinski definition) is 4. The van der Waals surface area contributed by atoms with E-state index in [0.717, 1.165) is 53.2 Å². The maximum atomic E-state index is 12.3. The third-order valence-electron chi connectivity index (χ3n) is 5.53. The quantitative estimate of drug-likeness (QED) is 0.370. The van der Waals surface area contributed by atoms with Crippen LogP contribution in [0.5, 0.6) is 0 Å².